The van der Waals surface area contributed by atoms with E-state index in [1.165, 1.54) is 11.0 Å². The smallest absolute Gasteiger partial charge is 0.246 e. The zero-order valence-corrected chi connectivity index (χ0v) is 15.5. The molecule has 2 rings (SSSR count). The van der Waals surface area contributed by atoms with E-state index in [0.717, 1.165) is 5.56 Å². The monoisotopic (exact) mass is 372 g/mol. The molecule has 0 unspecified atom stereocenters. The molecular weight excluding hydrogens is 352 g/mol. The third-order valence-corrected chi connectivity index (χ3v) is 3.86. The van der Waals surface area contributed by atoms with Gasteiger partial charge in [0.05, 0.1) is 23.9 Å². The highest BCUT2D eigenvalue weighted by molar-refractivity contribution is 6.33. The van der Waals surface area contributed by atoms with Crippen LogP contribution < -0.4 is 10.1 Å². The van der Waals surface area contributed by atoms with Crippen molar-refractivity contribution in [1.29, 1.82) is 0 Å². The molecule has 136 valence electrons. The summed E-state index contributed by atoms with van der Waals surface area (Å²) < 4.78 is 5.52. The molecule has 1 N–H and O–H groups in total. The Hall–Kier alpha value is -2.79. The Morgan fingerprint density at radius 3 is 2.58 bits per heavy atom. The molecule has 0 bridgehead atoms. The normalized spacial score (nSPS) is 10.6. The van der Waals surface area contributed by atoms with Crippen LogP contribution in [0.15, 0.2) is 54.6 Å². The van der Waals surface area contributed by atoms with Crippen LogP contribution in [0.4, 0.5) is 5.69 Å². The van der Waals surface area contributed by atoms with Gasteiger partial charge in [0.15, 0.2) is 0 Å². The lowest BCUT2D eigenvalue weighted by atomic mass is 10.2. The second kappa shape index (κ2) is 9.63. The number of carbonyl (C=O) groups excluding carboxylic acids is 2. The number of hydrogen-bond acceptors (Lipinski definition) is 3. The van der Waals surface area contributed by atoms with Crippen LogP contribution in [0.3, 0.4) is 0 Å². The fourth-order valence-corrected chi connectivity index (χ4v) is 2.42. The fourth-order valence-electron chi connectivity index (χ4n) is 2.24. The van der Waals surface area contributed by atoms with Gasteiger partial charge < -0.3 is 15.0 Å². The van der Waals surface area contributed by atoms with E-state index in [1.54, 1.807) is 37.4 Å². The quantitative estimate of drug-likeness (QED) is 0.751. The minimum absolute atomic E-state index is 0.0818. The summed E-state index contributed by atoms with van der Waals surface area (Å²) in [5, 5.41) is 3.13. The fraction of sp³-hybridized carbons (Fsp3) is 0.200. The molecule has 2 aromatic rings. The van der Waals surface area contributed by atoms with Crippen LogP contribution >= 0.6 is 11.6 Å². The van der Waals surface area contributed by atoms with Gasteiger partial charge in [-0.25, -0.2) is 0 Å². The molecule has 0 spiro atoms. The third-order valence-electron chi connectivity index (χ3n) is 3.53. The third kappa shape index (κ3) is 5.63. The second-order valence-electron chi connectivity index (χ2n) is 5.53. The number of nitrogens with one attached hydrogen (secondary N) is 1. The molecule has 0 fully saturated rings. The number of anilines is 1. The van der Waals surface area contributed by atoms with Crippen molar-refractivity contribution in [2.75, 3.05) is 25.5 Å². The molecule has 5 nitrogen and oxygen atoms in total. The van der Waals surface area contributed by atoms with E-state index in [9.17, 15) is 9.59 Å². The van der Waals surface area contributed by atoms with Crippen LogP contribution in [-0.4, -0.2) is 36.9 Å². The first-order valence-corrected chi connectivity index (χ1v) is 8.58. The first-order chi connectivity index (χ1) is 12.5. The zero-order chi connectivity index (χ0) is 18.9. The van der Waals surface area contributed by atoms with Gasteiger partial charge >= 0.3 is 0 Å². The Morgan fingerprint density at radius 1 is 1.15 bits per heavy atom. The Bertz CT molecular complexity index is 805. The summed E-state index contributed by atoms with van der Waals surface area (Å²) >= 11 is 6.01. The summed E-state index contributed by atoms with van der Waals surface area (Å²) in [6.45, 7) is 2.36. The van der Waals surface area contributed by atoms with Crippen molar-refractivity contribution in [1.82, 2.24) is 4.90 Å². The average Bonchev–Trinajstić information content (AvgIpc) is 2.62. The van der Waals surface area contributed by atoms with Crippen molar-refractivity contribution in [3.63, 3.8) is 0 Å². The van der Waals surface area contributed by atoms with Gasteiger partial charge in [-0.2, -0.15) is 0 Å². The first kappa shape index (κ1) is 19.5. The minimum Gasteiger partial charge on any atom is -0.493 e. The summed E-state index contributed by atoms with van der Waals surface area (Å²) in [6.07, 6.45) is 3.09. The predicted octanol–water partition coefficient (Wildman–Crippen LogP) is 3.85. The Morgan fingerprint density at radius 2 is 1.85 bits per heavy atom. The highest BCUT2D eigenvalue weighted by atomic mass is 35.5. The maximum Gasteiger partial charge on any atom is 0.246 e. The molecular formula is C20H21ClN2O3. The Balaban J connectivity index is 1.95. The number of nitrogens with zero attached hydrogens (tertiary/aromatic N) is 1. The van der Waals surface area contributed by atoms with Crippen LogP contribution in [0, 0.1) is 0 Å². The van der Waals surface area contributed by atoms with Gasteiger partial charge in [0, 0.05) is 18.7 Å². The lowest BCUT2D eigenvalue weighted by Crippen LogP contribution is -2.33. The van der Waals surface area contributed by atoms with Gasteiger partial charge in [0.2, 0.25) is 11.8 Å². The largest absolute Gasteiger partial charge is 0.493 e. The number of benzene rings is 2. The Kier molecular flexibility index (Phi) is 7.24. The molecule has 0 saturated carbocycles. The van der Waals surface area contributed by atoms with E-state index in [4.69, 9.17) is 16.3 Å². The molecule has 0 saturated heterocycles. The summed E-state index contributed by atoms with van der Waals surface area (Å²) in [5.41, 5.74) is 1.32. The van der Waals surface area contributed by atoms with E-state index in [-0.39, 0.29) is 18.4 Å². The van der Waals surface area contributed by atoms with Crippen molar-refractivity contribution in [2.45, 2.75) is 6.92 Å². The van der Waals surface area contributed by atoms with Crippen molar-refractivity contribution in [3.05, 3.63) is 65.2 Å². The zero-order valence-electron chi connectivity index (χ0n) is 14.7. The van der Waals surface area contributed by atoms with E-state index in [0.29, 0.717) is 23.1 Å². The second-order valence-corrected chi connectivity index (χ2v) is 5.93. The molecule has 0 aliphatic rings. The number of halogens is 1. The van der Waals surface area contributed by atoms with Crippen LogP contribution in [0.2, 0.25) is 5.02 Å². The molecule has 2 amide bonds. The maximum atomic E-state index is 12.2. The lowest BCUT2D eigenvalue weighted by Gasteiger charge is -2.15. The van der Waals surface area contributed by atoms with E-state index in [1.807, 2.05) is 31.2 Å². The van der Waals surface area contributed by atoms with Crippen LogP contribution in [0.5, 0.6) is 5.75 Å². The number of ether oxygens (including phenoxy) is 1. The first-order valence-electron chi connectivity index (χ1n) is 8.20. The van der Waals surface area contributed by atoms with E-state index >= 15 is 0 Å². The number of para-hydroxylation sites is 2. The van der Waals surface area contributed by atoms with E-state index < -0.39 is 0 Å². The maximum absolute atomic E-state index is 12.2. The standard InChI is InChI=1S/C20H21ClN2O3/c1-3-26-18-11-7-4-8-15(18)12-13-20(25)23(2)14-19(24)22-17-10-6-5-9-16(17)21/h4-13H,3,14H2,1-2H3,(H,22,24)/b13-12+. The molecule has 0 aliphatic carbocycles. The summed E-state index contributed by atoms with van der Waals surface area (Å²) in [6, 6.07) is 14.4. The van der Waals surface area contributed by atoms with Crippen molar-refractivity contribution >= 4 is 35.2 Å². The number of carbonyl (C=O) groups is 2. The molecule has 6 heteroatoms. The van der Waals surface area contributed by atoms with Gasteiger partial charge in [0.1, 0.15) is 5.75 Å². The molecule has 2 aromatic carbocycles. The van der Waals surface area contributed by atoms with Gasteiger partial charge in [-0.05, 0) is 31.2 Å². The topological polar surface area (TPSA) is 58.6 Å². The molecule has 0 aliphatic heterocycles. The average molecular weight is 373 g/mol. The lowest BCUT2D eigenvalue weighted by molar-refractivity contribution is -0.129. The number of amides is 2. The highest BCUT2D eigenvalue weighted by Gasteiger charge is 2.12. The molecule has 26 heavy (non-hydrogen) atoms. The molecule has 0 radical (unpaired) electrons. The molecule has 0 atom stereocenters. The van der Waals surface area contributed by atoms with Gasteiger partial charge in [-0.15, -0.1) is 0 Å². The predicted molar refractivity (Wildman–Crippen MR) is 104 cm³/mol. The summed E-state index contributed by atoms with van der Waals surface area (Å²) in [5.74, 6) is 0.0980. The van der Waals surface area contributed by atoms with Gasteiger partial charge in [-0.3, -0.25) is 9.59 Å². The summed E-state index contributed by atoms with van der Waals surface area (Å²) in [4.78, 5) is 25.6. The number of hydrogen-bond donors (Lipinski definition) is 1. The van der Waals surface area contributed by atoms with Crippen molar-refractivity contribution in [2.24, 2.45) is 0 Å². The van der Waals surface area contributed by atoms with Crippen LogP contribution in [-0.2, 0) is 9.59 Å². The van der Waals surface area contributed by atoms with Crippen molar-refractivity contribution in [3.8, 4) is 5.75 Å². The summed E-state index contributed by atoms with van der Waals surface area (Å²) in [7, 11) is 1.56. The minimum atomic E-state index is -0.322. The molecule has 0 aromatic heterocycles. The molecule has 0 heterocycles. The van der Waals surface area contributed by atoms with Crippen molar-refractivity contribution < 1.29 is 14.3 Å². The van der Waals surface area contributed by atoms with Crippen LogP contribution in [0.25, 0.3) is 6.08 Å². The SMILES string of the molecule is CCOc1ccccc1/C=C/C(=O)N(C)CC(=O)Nc1ccccc1Cl. The van der Waals surface area contributed by atoms with Gasteiger partial charge in [0.25, 0.3) is 0 Å². The van der Waals surface area contributed by atoms with Crippen LogP contribution in [0.1, 0.15) is 12.5 Å². The van der Waals surface area contributed by atoms with E-state index in [2.05, 4.69) is 5.32 Å². The number of rotatable bonds is 7. The number of likely N-dealkylation sites (N-methyl/N-ethyl adjacent to an activating group) is 1. The Labute approximate surface area is 158 Å². The van der Waals surface area contributed by atoms with Gasteiger partial charge in [-0.1, -0.05) is 41.9 Å². The highest BCUT2D eigenvalue weighted by Crippen LogP contribution is 2.21.